The lowest BCUT2D eigenvalue weighted by molar-refractivity contribution is -0.138. The molecule has 0 radical (unpaired) electrons. The van der Waals surface area contributed by atoms with Crippen LogP contribution in [0.15, 0.2) is 85.0 Å². The molecule has 2 aromatic rings. The molecule has 0 saturated carbocycles. The summed E-state index contributed by atoms with van der Waals surface area (Å²) in [5.41, 5.74) is 2.03. The van der Waals surface area contributed by atoms with Crippen LogP contribution < -0.4 is 18.9 Å². The highest BCUT2D eigenvalue weighted by atomic mass is 16.7. The zero-order valence-electron chi connectivity index (χ0n) is 70.0. The standard InChI is InChI=1S/C50H87NO4.C46H81NO4/c1-3-5-7-9-11-13-15-17-19-21-23-25-27-29-31-35-39-52-47-41-46(50-54-45-49(55-50)44-51-37-33-34-38-51)42-48(43-47)53-40-36-32-30-28-26-24-22-20-18-16-14-12-10-8-6-4-2;1-4-6-8-10-12-14-16-18-20-22-24-26-28-30-32-34-36-50-44-38-43(41-47(3)42-46(48)49)39-45(40-44)51-37-35-33-31-29-27-25-23-21-19-17-15-13-11-9-7-5-2/h17-20,41-43,49-50H,3-16,21-40,44-45H2,1-2H3;18-21,38-40H,4-17,22-37,41-42H2,1-3H3,(H,48,49). The molecule has 0 spiro atoms. The highest BCUT2D eigenvalue weighted by Crippen LogP contribution is 2.34. The smallest absolute Gasteiger partial charge is 0.317 e. The van der Waals surface area contributed by atoms with Gasteiger partial charge in [0.1, 0.15) is 23.0 Å². The van der Waals surface area contributed by atoms with Crippen LogP contribution in [0.1, 0.15) is 418 Å². The number of benzene rings is 2. The summed E-state index contributed by atoms with van der Waals surface area (Å²) in [7, 11) is 1.84. The number of rotatable bonds is 75. The lowest BCUT2D eigenvalue weighted by Crippen LogP contribution is -2.31. The predicted molar refractivity (Wildman–Crippen MR) is 456 cm³/mol. The molecule has 0 aliphatic carbocycles. The molecule has 2 heterocycles. The minimum Gasteiger partial charge on any atom is -0.493 e. The zero-order chi connectivity index (χ0) is 75.6. The molecule has 0 bridgehead atoms. The fraction of sp³-hybridized carbons (Fsp3) is 0.781. The van der Waals surface area contributed by atoms with E-state index >= 15 is 0 Å². The van der Waals surface area contributed by atoms with E-state index in [0.717, 1.165) is 79.6 Å². The largest absolute Gasteiger partial charge is 0.493 e. The first-order valence-corrected chi connectivity index (χ1v) is 45.6. The maximum atomic E-state index is 11.2. The Morgan fingerprint density at radius 2 is 0.651 bits per heavy atom. The van der Waals surface area contributed by atoms with Crippen molar-refractivity contribution in [3.05, 3.63) is 96.1 Å². The first-order chi connectivity index (χ1) is 52.3. The number of ether oxygens (including phenoxy) is 6. The third-order valence-corrected chi connectivity index (χ3v) is 21.1. The highest BCUT2D eigenvalue weighted by Gasteiger charge is 2.30. The van der Waals surface area contributed by atoms with E-state index in [4.69, 9.17) is 28.4 Å². The number of nitrogens with zero attached hydrogens (tertiary/aromatic N) is 2. The van der Waals surface area contributed by atoms with E-state index in [1.807, 2.05) is 30.1 Å². The molecule has 10 nitrogen and oxygen atoms in total. The second-order valence-electron chi connectivity index (χ2n) is 31.7. The van der Waals surface area contributed by atoms with Crippen molar-refractivity contribution in [2.45, 2.75) is 419 Å². The van der Waals surface area contributed by atoms with E-state index in [9.17, 15) is 9.90 Å². The van der Waals surface area contributed by atoms with Gasteiger partial charge in [-0.05, 0) is 191 Å². The summed E-state index contributed by atoms with van der Waals surface area (Å²) in [6, 6.07) is 12.4. The van der Waals surface area contributed by atoms with Crippen molar-refractivity contribution in [3.8, 4) is 23.0 Å². The first kappa shape index (κ1) is 96.1. The van der Waals surface area contributed by atoms with Crippen molar-refractivity contribution in [1.29, 1.82) is 0 Å². The number of carboxylic acids is 1. The van der Waals surface area contributed by atoms with Gasteiger partial charge in [0.05, 0.1) is 45.7 Å². The van der Waals surface area contributed by atoms with Crippen molar-refractivity contribution in [1.82, 2.24) is 9.80 Å². The molecule has 2 aliphatic heterocycles. The number of allylic oxidation sites excluding steroid dienone is 8. The summed E-state index contributed by atoms with van der Waals surface area (Å²) in [5, 5.41) is 9.20. The van der Waals surface area contributed by atoms with Crippen molar-refractivity contribution in [2.24, 2.45) is 0 Å². The summed E-state index contributed by atoms with van der Waals surface area (Å²) in [5.74, 6) is 2.56. The van der Waals surface area contributed by atoms with Crippen molar-refractivity contribution < 1.29 is 38.3 Å². The second kappa shape index (κ2) is 73.7. The fourth-order valence-electron chi connectivity index (χ4n) is 14.5. The van der Waals surface area contributed by atoms with Gasteiger partial charge < -0.3 is 38.4 Å². The van der Waals surface area contributed by atoms with E-state index in [1.54, 1.807) is 0 Å². The molecule has 0 aromatic heterocycles. The Morgan fingerprint density at radius 1 is 0.387 bits per heavy atom. The molecule has 610 valence electrons. The molecule has 10 heteroatoms. The Hall–Kier alpha value is -4.09. The third kappa shape index (κ3) is 59.7. The van der Waals surface area contributed by atoms with Crippen molar-refractivity contribution >= 4 is 5.97 Å². The molecule has 2 unspecified atom stereocenters. The van der Waals surface area contributed by atoms with Gasteiger partial charge in [0.25, 0.3) is 0 Å². The first-order valence-electron chi connectivity index (χ1n) is 45.6. The van der Waals surface area contributed by atoms with Gasteiger partial charge in [-0.3, -0.25) is 9.69 Å². The average Bonchev–Trinajstić information content (AvgIpc) is 1.60. The number of aliphatic carboxylic acids is 1. The molecule has 2 fully saturated rings. The Kier molecular flexibility index (Phi) is 66.8. The number of likely N-dealkylation sites (tertiary alicyclic amines) is 1. The molecular formula is C96H168N2O8. The molecule has 2 atom stereocenters. The van der Waals surface area contributed by atoms with Crippen molar-refractivity contribution in [3.63, 3.8) is 0 Å². The van der Waals surface area contributed by atoms with E-state index in [1.165, 1.54) is 360 Å². The molecular weight excluding hydrogens is 1310 g/mol. The molecule has 2 aromatic carbocycles. The average molecular weight is 1480 g/mol. The fourth-order valence-corrected chi connectivity index (χ4v) is 14.5. The molecule has 4 rings (SSSR count). The van der Waals surface area contributed by atoms with Gasteiger partial charge in [-0.25, -0.2) is 0 Å². The summed E-state index contributed by atoms with van der Waals surface area (Å²) in [4.78, 5) is 15.5. The van der Waals surface area contributed by atoms with Crippen LogP contribution in [0, 0.1) is 0 Å². The number of carbonyl (C=O) groups is 1. The highest BCUT2D eigenvalue weighted by molar-refractivity contribution is 5.69. The van der Waals surface area contributed by atoms with Crippen LogP contribution in [-0.2, 0) is 20.8 Å². The van der Waals surface area contributed by atoms with Gasteiger partial charge in [-0.1, -0.05) is 307 Å². The van der Waals surface area contributed by atoms with Gasteiger partial charge in [0.2, 0.25) is 0 Å². The predicted octanol–water partition coefficient (Wildman–Crippen LogP) is 29.1. The topological polar surface area (TPSA) is 99.2 Å². The van der Waals surface area contributed by atoms with Gasteiger partial charge in [0, 0.05) is 30.8 Å². The van der Waals surface area contributed by atoms with Gasteiger partial charge in [-0.15, -0.1) is 0 Å². The maximum absolute atomic E-state index is 11.2. The lowest BCUT2D eigenvalue weighted by Gasteiger charge is -2.19. The Balaban J connectivity index is 0.000000552. The van der Waals surface area contributed by atoms with Crippen molar-refractivity contribution in [2.75, 3.05) is 66.3 Å². The summed E-state index contributed by atoms with van der Waals surface area (Å²) < 4.78 is 37.6. The van der Waals surface area contributed by atoms with E-state index in [-0.39, 0.29) is 18.9 Å². The normalized spacial score (nSPS) is 14.8. The Bertz CT molecular complexity index is 2240. The summed E-state index contributed by atoms with van der Waals surface area (Å²) >= 11 is 0. The van der Waals surface area contributed by atoms with E-state index in [2.05, 4.69) is 99.4 Å². The Labute approximate surface area is 655 Å². The monoisotopic (exact) mass is 1480 g/mol. The summed E-state index contributed by atoms with van der Waals surface area (Å²) in [6.07, 6.45) is 94.7. The molecule has 106 heavy (non-hydrogen) atoms. The van der Waals surface area contributed by atoms with Gasteiger partial charge in [0.15, 0.2) is 6.29 Å². The molecule has 1 N–H and O–H groups in total. The number of hydrogen-bond donors (Lipinski definition) is 1. The molecule has 2 saturated heterocycles. The number of likely N-dealkylation sites (N-methyl/N-ethyl adjacent to an activating group) is 1. The van der Waals surface area contributed by atoms with Gasteiger partial charge >= 0.3 is 5.97 Å². The van der Waals surface area contributed by atoms with Crippen LogP contribution in [0.4, 0.5) is 0 Å². The van der Waals surface area contributed by atoms with Crippen LogP contribution in [0.2, 0.25) is 0 Å². The zero-order valence-corrected chi connectivity index (χ0v) is 70.0. The number of unbranched alkanes of at least 4 members (excludes halogenated alkanes) is 48. The quantitative estimate of drug-likeness (QED) is 0.0509. The Morgan fingerprint density at radius 3 is 0.934 bits per heavy atom. The van der Waals surface area contributed by atoms with E-state index < -0.39 is 5.97 Å². The third-order valence-electron chi connectivity index (χ3n) is 21.1. The number of carboxylic acid groups (broad SMARTS) is 1. The van der Waals surface area contributed by atoms with E-state index in [0.29, 0.717) is 26.4 Å². The van der Waals surface area contributed by atoms with Gasteiger partial charge in [-0.2, -0.15) is 0 Å². The van der Waals surface area contributed by atoms with Crippen LogP contribution in [0.3, 0.4) is 0 Å². The minimum atomic E-state index is -0.818. The molecule has 2 aliphatic rings. The number of hydrogen-bond acceptors (Lipinski definition) is 9. The van der Waals surface area contributed by atoms with Crippen LogP contribution in [0.5, 0.6) is 23.0 Å². The summed E-state index contributed by atoms with van der Waals surface area (Å²) in [6.45, 7) is 16.5. The second-order valence-corrected chi connectivity index (χ2v) is 31.7. The van der Waals surface area contributed by atoms with Crippen LogP contribution in [-0.4, -0.2) is 93.2 Å². The van der Waals surface area contributed by atoms with Crippen LogP contribution >= 0.6 is 0 Å². The van der Waals surface area contributed by atoms with Crippen LogP contribution in [0.25, 0.3) is 0 Å². The lowest BCUT2D eigenvalue weighted by atomic mass is 10.1. The SMILES string of the molecule is CCCCCCCCC=CCCCCCCCCOc1cc(CN(C)CC(=O)O)cc(OCCCCCCCCC=CCCCCCCCC)c1.CCCCCCCCC=CCCCCCCCCOc1cc(OCCCCCCCCC=CCCCCCCCC)cc(C2OCC(CN3CCCC3)O2)c1. The maximum Gasteiger partial charge on any atom is 0.317 e. The molecule has 0 amide bonds. The minimum absolute atomic E-state index is 0.00619.